The van der Waals surface area contributed by atoms with Gasteiger partial charge in [0.05, 0.1) is 18.4 Å². The van der Waals surface area contributed by atoms with E-state index in [1.807, 2.05) is 53.1 Å². The largest absolute Gasteiger partial charge is 0.497 e. The molecule has 0 fully saturated rings. The summed E-state index contributed by atoms with van der Waals surface area (Å²) in [5, 5.41) is 0. The van der Waals surface area contributed by atoms with E-state index >= 15 is 0 Å². The number of methoxy groups -OCH3 is 1. The van der Waals surface area contributed by atoms with Gasteiger partial charge in [-0.25, -0.2) is 4.98 Å². The number of carbonyl (C=O) groups is 1. The number of rotatable bonds is 6. The van der Waals surface area contributed by atoms with Crippen molar-refractivity contribution in [3.05, 3.63) is 66.2 Å². The van der Waals surface area contributed by atoms with E-state index in [0.29, 0.717) is 11.4 Å². The highest BCUT2D eigenvalue weighted by molar-refractivity contribution is 7.99. The monoisotopic (exact) mass is 312 g/mol. The molecule has 0 bridgehead atoms. The van der Waals surface area contributed by atoms with Crippen LogP contribution in [0.1, 0.15) is 16.1 Å². The average Bonchev–Trinajstić information content (AvgIpc) is 2.99. The molecule has 3 rings (SSSR count). The number of imidazole rings is 1. The van der Waals surface area contributed by atoms with E-state index in [2.05, 4.69) is 4.98 Å². The third-order valence-corrected chi connectivity index (χ3v) is 4.37. The van der Waals surface area contributed by atoms with Crippen molar-refractivity contribution < 1.29 is 9.53 Å². The Morgan fingerprint density at radius 3 is 2.82 bits per heavy atom. The molecular formula is C17H16N2O2S. The Hall–Kier alpha value is -2.27. The van der Waals surface area contributed by atoms with Gasteiger partial charge in [0.1, 0.15) is 17.8 Å². The molecule has 0 N–H and O–H groups in total. The van der Waals surface area contributed by atoms with Crippen molar-refractivity contribution in [2.24, 2.45) is 0 Å². The number of benzene rings is 1. The van der Waals surface area contributed by atoms with E-state index in [9.17, 15) is 4.79 Å². The zero-order chi connectivity index (χ0) is 15.4. The highest BCUT2D eigenvalue weighted by atomic mass is 32.2. The smallest absolute Gasteiger partial charge is 0.193 e. The van der Waals surface area contributed by atoms with Crippen LogP contribution in [0.2, 0.25) is 0 Å². The van der Waals surface area contributed by atoms with Crippen molar-refractivity contribution in [1.29, 1.82) is 0 Å². The minimum absolute atomic E-state index is 0.0622. The van der Waals surface area contributed by atoms with Crippen molar-refractivity contribution in [2.45, 2.75) is 5.75 Å². The summed E-state index contributed by atoms with van der Waals surface area (Å²) >= 11 is 1.60. The maximum atomic E-state index is 12.3. The fourth-order valence-corrected chi connectivity index (χ4v) is 3.06. The van der Waals surface area contributed by atoms with Gasteiger partial charge in [-0.3, -0.25) is 4.79 Å². The molecule has 0 radical (unpaired) electrons. The number of pyridine rings is 1. The zero-order valence-corrected chi connectivity index (χ0v) is 13.0. The van der Waals surface area contributed by atoms with Gasteiger partial charge in [0.15, 0.2) is 5.78 Å². The number of ketones is 1. The van der Waals surface area contributed by atoms with Crippen LogP contribution in [0.3, 0.4) is 0 Å². The van der Waals surface area contributed by atoms with E-state index < -0.39 is 0 Å². The normalized spacial score (nSPS) is 10.8. The fourth-order valence-electron chi connectivity index (χ4n) is 2.21. The average molecular weight is 312 g/mol. The molecule has 0 aliphatic heterocycles. The highest BCUT2D eigenvalue weighted by Crippen LogP contribution is 2.18. The SMILES string of the molecule is COc1ccc(CSCC(=O)c2ncn3ccccc23)cc1. The third-order valence-electron chi connectivity index (χ3n) is 3.37. The predicted octanol–water partition coefficient (Wildman–Crippen LogP) is 3.46. The summed E-state index contributed by atoms with van der Waals surface area (Å²) < 4.78 is 6.99. The van der Waals surface area contributed by atoms with Gasteiger partial charge < -0.3 is 9.14 Å². The van der Waals surface area contributed by atoms with Gasteiger partial charge in [-0.1, -0.05) is 18.2 Å². The molecule has 0 amide bonds. The molecule has 0 saturated carbocycles. The molecule has 2 heterocycles. The van der Waals surface area contributed by atoms with Gasteiger partial charge in [0, 0.05) is 11.9 Å². The molecule has 3 aromatic rings. The van der Waals surface area contributed by atoms with Crippen molar-refractivity contribution >= 4 is 23.1 Å². The van der Waals surface area contributed by atoms with Gasteiger partial charge in [-0.2, -0.15) is 0 Å². The number of Topliss-reactive ketones (excluding diaryl/α,β-unsaturated/α-hetero) is 1. The predicted molar refractivity (Wildman–Crippen MR) is 88.7 cm³/mol. The Bertz CT molecular complexity index is 781. The summed E-state index contributed by atoms with van der Waals surface area (Å²) in [6.45, 7) is 0. The Balaban J connectivity index is 1.60. The first-order valence-electron chi connectivity index (χ1n) is 6.93. The van der Waals surface area contributed by atoms with Gasteiger partial charge in [0.25, 0.3) is 0 Å². The molecule has 0 aliphatic rings. The number of hydrogen-bond donors (Lipinski definition) is 0. The Labute approximate surface area is 133 Å². The van der Waals surface area contributed by atoms with E-state index in [4.69, 9.17) is 4.74 Å². The molecule has 0 atom stereocenters. The number of nitrogens with zero attached hydrogens (tertiary/aromatic N) is 2. The zero-order valence-electron chi connectivity index (χ0n) is 12.2. The number of hydrogen-bond acceptors (Lipinski definition) is 4. The van der Waals surface area contributed by atoms with Crippen molar-refractivity contribution in [2.75, 3.05) is 12.9 Å². The van der Waals surface area contributed by atoms with Crippen molar-refractivity contribution in [1.82, 2.24) is 9.38 Å². The number of aromatic nitrogens is 2. The fraction of sp³-hybridized carbons (Fsp3) is 0.176. The topological polar surface area (TPSA) is 43.6 Å². The summed E-state index contributed by atoms with van der Waals surface area (Å²) in [6, 6.07) is 13.6. The molecule has 22 heavy (non-hydrogen) atoms. The van der Waals surface area contributed by atoms with Crippen LogP contribution < -0.4 is 4.74 Å². The molecule has 0 saturated heterocycles. The lowest BCUT2D eigenvalue weighted by atomic mass is 10.2. The van der Waals surface area contributed by atoms with Gasteiger partial charge >= 0.3 is 0 Å². The van der Waals surface area contributed by atoms with Gasteiger partial charge in [-0.15, -0.1) is 11.8 Å². The number of ether oxygens (including phenoxy) is 1. The van der Waals surface area contributed by atoms with Crippen LogP contribution in [0.4, 0.5) is 0 Å². The first kappa shape index (κ1) is 14.7. The molecule has 0 unspecified atom stereocenters. The van der Waals surface area contributed by atoms with Crippen LogP contribution in [0.15, 0.2) is 55.0 Å². The van der Waals surface area contributed by atoms with Crippen LogP contribution in [0.25, 0.3) is 5.52 Å². The summed E-state index contributed by atoms with van der Waals surface area (Å²) in [5.41, 5.74) is 2.58. The molecule has 0 spiro atoms. The highest BCUT2D eigenvalue weighted by Gasteiger charge is 2.12. The lowest BCUT2D eigenvalue weighted by Gasteiger charge is -2.03. The molecule has 0 aliphatic carbocycles. The second-order valence-corrected chi connectivity index (χ2v) is 5.84. The maximum Gasteiger partial charge on any atom is 0.193 e. The summed E-state index contributed by atoms with van der Waals surface area (Å²) in [6.07, 6.45) is 3.57. The van der Waals surface area contributed by atoms with Gasteiger partial charge in [-0.05, 0) is 29.8 Å². The van der Waals surface area contributed by atoms with E-state index in [0.717, 1.165) is 17.0 Å². The molecule has 112 valence electrons. The molecule has 4 nitrogen and oxygen atoms in total. The Morgan fingerprint density at radius 2 is 2.05 bits per heavy atom. The lowest BCUT2D eigenvalue weighted by Crippen LogP contribution is -2.04. The molecule has 1 aromatic carbocycles. The van der Waals surface area contributed by atoms with E-state index in [1.54, 1.807) is 25.2 Å². The van der Waals surface area contributed by atoms with Crippen LogP contribution in [-0.2, 0) is 5.75 Å². The number of thioether (sulfide) groups is 1. The second-order valence-electron chi connectivity index (χ2n) is 4.85. The Kier molecular flexibility index (Phi) is 4.44. The van der Waals surface area contributed by atoms with Crippen LogP contribution in [0, 0.1) is 0 Å². The summed E-state index contributed by atoms with van der Waals surface area (Å²) in [4.78, 5) is 16.5. The minimum atomic E-state index is 0.0622. The molecule has 5 heteroatoms. The quantitative estimate of drug-likeness (QED) is 0.654. The Morgan fingerprint density at radius 1 is 1.23 bits per heavy atom. The van der Waals surface area contributed by atoms with E-state index in [1.165, 1.54) is 5.56 Å². The van der Waals surface area contributed by atoms with Gasteiger partial charge in [0.2, 0.25) is 0 Å². The summed E-state index contributed by atoms with van der Waals surface area (Å²) in [5.74, 6) is 2.12. The first-order valence-corrected chi connectivity index (χ1v) is 8.09. The van der Waals surface area contributed by atoms with Crippen LogP contribution in [-0.4, -0.2) is 28.0 Å². The minimum Gasteiger partial charge on any atom is -0.497 e. The number of carbonyl (C=O) groups excluding carboxylic acids is 1. The maximum absolute atomic E-state index is 12.3. The standard InChI is InChI=1S/C17H16N2O2S/c1-21-14-7-5-13(6-8-14)10-22-11-16(20)17-15-4-2-3-9-19(15)12-18-17/h2-9,12H,10-11H2,1H3. The van der Waals surface area contributed by atoms with E-state index in [-0.39, 0.29) is 5.78 Å². The lowest BCUT2D eigenvalue weighted by molar-refractivity contribution is 0.102. The second kappa shape index (κ2) is 6.66. The van der Waals surface area contributed by atoms with Crippen molar-refractivity contribution in [3.63, 3.8) is 0 Å². The molecular weight excluding hydrogens is 296 g/mol. The van der Waals surface area contributed by atoms with Crippen LogP contribution in [0.5, 0.6) is 5.75 Å². The summed E-state index contributed by atoms with van der Waals surface area (Å²) in [7, 11) is 1.65. The third kappa shape index (κ3) is 3.14. The molecule has 2 aromatic heterocycles. The first-order chi connectivity index (χ1) is 10.8. The van der Waals surface area contributed by atoms with Crippen LogP contribution >= 0.6 is 11.8 Å². The number of fused-ring (bicyclic) bond motifs is 1. The van der Waals surface area contributed by atoms with Crippen molar-refractivity contribution in [3.8, 4) is 5.75 Å².